The molecule has 1 aromatic heterocycles. The molecule has 0 aromatic carbocycles. The van der Waals surface area contributed by atoms with E-state index < -0.39 is 0 Å². The maximum atomic E-state index is 12.0. The maximum Gasteiger partial charge on any atom is 0.315 e. The van der Waals surface area contributed by atoms with Gasteiger partial charge >= 0.3 is 5.97 Å². The molecule has 3 saturated heterocycles. The summed E-state index contributed by atoms with van der Waals surface area (Å²) in [5.41, 5.74) is 1.01. The average Bonchev–Trinajstić information content (AvgIpc) is 3.08. The Hall–Kier alpha value is -0.980. The summed E-state index contributed by atoms with van der Waals surface area (Å²) in [5, 5.41) is 1.21. The summed E-state index contributed by atoms with van der Waals surface area (Å²) in [5.74, 6) is -0.219. The Morgan fingerprint density at radius 2 is 2.19 bits per heavy atom. The molecule has 1 aliphatic carbocycles. The highest BCUT2D eigenvalue weighted by molar-refractivity contribution is 7.11. The van der Waals surface area contributed by atoms with Gasteiger partial charge in [0.1, 0.15) is 10.9 Å². The monoisotopic (exact) mass is 307 g/mol. The molecule has 0 N–H and O–H groups in total. The van der Waals surface area contributed by atoms with Crippen LogP contribution < -0.4 is 0 Å². The number of hydrogen-bond donors (Lipinski definition) is 0. The van der Waals surface area contributed by atoms with Gasteiger partial charge in [0.15, 0.2) is 0 Å². The number of rotatable bonds is 3. The number of esters is 1. The molecule has 5 nitrogen and oxygen atoms in total. The molecule has 3 fully saturated rings. The molecule has 1 aromatic rings. The molecule has 114 valence electrons. The third-order valence-corrected chi connectivity index (χ3v) is 6.10. The summed E-state index contributed by atoms with van der Waals surface area (Å²) >= 11 is 1.82. The normalized spacial score (nSPS) is 34.0. The summed E-state index contributed by atoms with van der Waals surface area (Å²) in [6.45, 7) is 8.08. The molecule has 2 bridgehead atoms. The van der Waals surface area contributed by atoms with Crippen LogP contribution >= 0.6 is 11.3 Å². The van der Waals surface area contributed by atoms with Gasteiger partial charge in [-0.1, -0.05) is 0 Å². The third kappa shape index (κ3) is 2.29. The molecule has 0 amide bonds. The van der Waals surface area contributed by atoms with Crippen molar-refractivity contribution in [1.29, 1.82) is 0 Å². The Bertz CT molecular complexity index is 551. The Morgan fingerprint density at radius 1 is 1.38 bits per heavy atom. The van der Waals surface area contributed by atoms with Gasteiger partial charge in [-0.15, -0.1) is 11.3 Å². The Kier molecular flexibility index (Phi) is 3.47. The van der Waals surface area contributed by atoms with Crippen molar-refractivity contribution in [2.75, 3.05) is 39.3 Å². The lowest BCUT2D eigenvalue weighted by atomic mass is 10.1. The largest absolute Gasteiger partial charge is 0.465 e. The second-order valence-corrected chi connectivity index (χ2v) is 7.17. The molecule has 4 aliphatic rings. The van der Waals surface area contributed by atoms with E-state index in [4.69, 9.17) is 9.72 Å². The molecule has 3 aliphatic heterocycles. The van der Waals surface area contributed by atoms with Gasteiger partial charge in [-0.25, -0.2) is 4.98 Å². The predicted octanol–water partition coefficient (Wildman–Crippen LogP) is 1.41. The van der Waals surface area contributed by atoms with Crippen LogP contribution in [0.4, 0.5) is 0 Å². The Balaban J connectivity index is 1.57. The molecule has 6 heteroatoms. The zero-order chi connectivity index (χ0) is 14.4. The van der Waals surface area contributed by atoms with Crippen LogP contribution in [0, 0.1) is 0 Å². The fraction of sp³-hybridized carbons (Fsp3) is 0.733. The van der Waals surface area contributed by atoms with Crippen molar-refractivity contribution in [3.8, 4) is 0 Å². The van der Waals surface area contributed by atoms with E-state index in [1.807, 2.05) is 18.3 Å². The van der Waals surface area contributed by atoms with Crippen molar-refractivity contribution in [2.24, 2.45) is 0 Å². The number of thiazole rings is 1. The number of aromatic nitrogens is 1. The van der Waals surface area contributed by atoms with E-state index in [1.165, 1.54) is 23.0 Å². The zero-order valence-corrected chi connectivity index (χ0v) is 13.2. The van der Waals surface area contributed by atoms with Gasteiger partial charge < -0.3 is 4.74 Å². The van der Waals surface area contributed by atoms with Crippen LogP contribution in [0.2, 0.25) is 0 Å². The molecule has 2 unspecified atom stereocenters. The minimum absolute atomic E-state index is 0.0951. The molecular formula is C15H21N3O2S. The summed E-state index contributed by atoms with van der Waals surface area (Å²) < 4.78 is 5.19. The van der Waals surface area contributed by atoms with E-state index >= 15 is 0 Å². The van der Waals surface area contributed by atoms with Crippen LogP contribution in [-0.2, 0) is 16.0 Å². The summed E-state index contributed by atoms with van der Waals surface area (Å²) in [6.07, 6.45) is 1.85. The lowest BCUT2D eigenvalue weighted by Gasteiger charge is -2.46. The van der Waals surface area contributed by atoms with Crippen molar-refractivity contribution >= 4 is 17.3 Å². The standard InChI is InChI=1S/C15H21N3O2S/c1-2-20-15(19)10-3-4-12-13(10)16-14(21-12)11-9-17-5-7-18(11)8-6-17/h10-11H,2-9H2,1H3. The first-order valence-corrected chi connectivity index (χ1v) is 8.70. The minimum atomic E-state index is -0.124. The number of hydrogen-bond acceptors (Lipinski definition) is 6. The van der Waals surface area contributed by atoms with Crippen molar-refractivity contribution in [3.05, 3.63) is 15.6 Å². The SMILES string of the molecule is CCOC(=O)C1CCc2sc(C3CN4CCN3CC4)nc21. The van der Waals surface area contributed by atoms with Gasteiger partial charge in [0.25, 0.3) is 0 Å². The lowest BCUT2D eigenvalue weighted by molar-refractivity contribution is -0.145. The Labute approximate surface area is 128 Å². The van der Waals surface area contributed by atoms with E-state index in [-0.39, 0.29) is 11.9 Å². The highest BCUT2D eigenvalue weighted by Gasteiger charge is 2.38. The average molecular weight is 307 g/mol. The van der Waals surface area contributed by atoms with Crippen LogP contribution in [0.15, 0.2) is 0 Å². The predicted molar refractivity (Wildman–Crippen MR) is 80.6 cm³/mol. The minimum Gasteiger partial charge on any atom is -0.465 e. The topological polar surface area (TPSA) is 45.7 Å². The summed E-state index contributed by atoms with van der Waals surface area (Å²) in [6, 6.07) is 0.436. The highest BCUT2D eigenvalue weighted by atomic mass is 32.1. The Morgan fingerprint density at radius 3 is 2.86 bits per heavy atom. The van der Waals surface area contributed by atoms with Crippen LogP contribution in [-0.4, -0.2) is 60.1 Å². The van der Waals surface area contributed by atoms with E-state index in [0.717, 1.165) is 38.2 Å². The second-order valence-electron chi connectivity index (χ2n) is 6.06. The number of carbonyl (C=O) groups is 1. The van der Waals surface area contributed by atoms with Crippen molar-refractivity contribution in [1.82, 2.24) is 14.8 Å². The first-order chi connectivity index (χ1) is 10.3. The molecule has 5 rings (SSSR count). The fourth-order valence-corrected chi connectivity index (χ4v) is 4.98. The number of carbonyl (C=O) groups excluding carboxylic acids is 1. The molecule has 0 saturated carbocycles. The first-order valence-electron chi connectivity index (χ1n) is 7.88. The maximum absolute atomic E-state index is 12.0. The molecule has 0 spiro atoms. The van der Waals surface area contributed by atoms with Gasteiger partial charge in [-0.3, -0.25) is 14.6 Å². The van der Waals surface area contributed by atoms with Gasteiger partial charge in [-0.2, -0.15) is 0 Å². The molecule has 0 radical (unpaired) electrons. The smallest absolute Gasteiger partial charge is 0.315 e. The number of aryl methyl sites for hydroxylation is 1. The molecular weight excluding hydrogens is 286 g/mol. The van der Waals surface area contributed by atoms with Gasteiger partial charge in [0, 0.05) is 37.6 Å². The quantitative estimate of drug-likeness (QED) is 0.790. The van der Waals surface area contributed by atoms with Crippen LogP contribution in [0.5, 0.6) is 0 Å². The van der Waals surface area contributed by atoms with Crippen molar-refractivity contribution in [2.45, 2.75) is 31.7 Å². The van der Waals surface area contributed by atoms with Crippen molar-refractivity contribution in [3.63, 3.8) is 0 Å². The number of piperazine rings is 3. The van der Waals surface area contributed by atoms with Gasteiger partial charge in [-0.05, 0) is 19.8 Å². The van der Waals surface area contributed by atoms with Crippen LogP contribution in [0.1, 0.15) is 40.9 Å². The fourth-order valence-electron chi connectivity index (χ4n) is 3.71. The lowest BCUT2D eigenvalue weighted by Crippen LogP contribution is -2.56. The zero-order valence-electron chi connectivity index (χ0n) is 12.4. The van der Waals surface area contributed by atoms with E-state index in [1.54, 1.807) is 0 Å². The van der Waals surface area contributed by atoms with Gasteiger partial charge in [0.2, 0.25) is 0 Å². The van der Waals surface area contributed by atoms with Crippen LogP contribution in [0.3, 0.4) is 0 Å². The van der Waals surface area contributed by atoms with Gasteiger partial charge in [0.05, 0.1) is 18.3 Å². The third-order valence-electron chi connectivity index (χ3n) is 4.87. The van der Waals surface area contributed by atoms with E-state index in [9.17, 15) is 4.79 Å². The van der Waals surface area contributed by atoms with Crippen LogP contribution in [0.25, 0.3) is 0 Å². The number of nitrogens with zero attached hydrogens (tertiary/aromatic N) is 3. The molecule has 4 heterocycles. The first kappa shape index (κ1) is 13.7. The highest BCUT2D eigenvalue weighted by Crippen LogP contribution is 2.41. The second kappa shape index (κ2) is 5.34. The molecule has 21 heavy (non-hydrogen) atoms. The molecule has 2 atom stereocenters. The summed E-state index contributed by atoms with van der Waals surface area (Å²) in [4.78, 5) is 23.3. The van der Waals surface area contributed by atoms with E-state index in [0.29, 0.717) is 12.6 Å². The summed E-state index contributed by atoms with van der Waals surface area (Å²) in [7, 11) is 0. The van der Waals surface area contributed by atoms with Crippen molar-refractivity contribution < 1.29 is 9.53 Å². The number of fused-ring (bicyclic) bond motifs is 4. The number of ether oxygens (including phenoxy) is 1. The van der Waals surface area contributed by atoms with E-state index in [2.05, 4.69) is 9.80 Å².